The van der Waals surface area contributed by atoms with Crippen molar-refractivity contribution in [3.05, 3.63) is 30.2 Å². The van der Waals surface area contributed by atoms with Gasteiger partial charge in [-0.1, -0.05) is 5.92 Å². The van der Waals surface area contributed by atoms with Crippen LogP contribution < -0.4 is 20.9 Å². The summed E-state index contributed by atoms with van der Waals surface area (Å²) in [7, 11) is 2.21. The van der Waals surface area contributed by atoms with Gasteiger partial charge in [0.1, 0.15) is 17.4 Å². The highest BCUT2D eigenvalue weighted by Gasteiger charge is 2.28. The molecule has 3 aliphatic rings. The molecule has 35 heavy (non-hydrogen) atoms. The summed E-state index contributed by atoms with van der Waals surface area (Å²) in [4.78, 5) is 7.56. The number of hydrazine groups is 1. The van der Waals surface area contributed by atoms with Crippen LogP contribution in [0.2, 0.25) is 0 Å². The maximum Gasteiger partial charge on any atom is 0.148 e. The summed E-state index contributed by atoms with van der Waals surface area (Å²) >= 11 is 0. The third-order valence-corrected chi connectivity index (χ3v) is 7.58. The average Bonchev–Trinajstić information content (AvgIpc) is 3.33. The largest absolute Gasteiger partial charge is 0.488 e. The smallest absolute Gasteiger partial charge is 0.148 e. The summed E-state index contributed by atoms with van der Waals surface area (Å²) < 4.78 is 14.0. The zero-order valence-corrected chi connectivity index (χ0v) is 20.7. The van der Waals surface area contributed by atoms with Crippen LogP contribution in [0.25, 0.3) is 11.1 Å². The molecule has 3 fully saturated rings. The number of hydrogen-bond donors (Lipinski definition) is 2. The lowest BCUT2D eigenvalue weighted by atomic mass is 10.0. The normalized spacial score (nSPS) is 21.9. The number of rotatable bonds is 6. The number of likely N-dealkylation sites (N-methyl/N-ethyl adjacent to an activating group) is 1. The van der Waals surface area contributed by atoms with E-state index in [0.717, 1.165) is 61.7 Å². The molecule has 0 atom stereocenters. The van der Waals surface area contributed by atoms with Crippen molar-refractivity contribution in [2.45, 2.75) is 37.8 Å². The Kier molecular flexibility index (Phi) is 7.44. The Morgan fingerprint density at radius 1 is 1.17 bits per heavy atom. The molecule has 9 heteroatoms. The number of fused-ring (bicyclic) bond motifs is 1. The van der Waals surface area contributed by atoms with Crippen LogP contribution in [-0.2, 0) is 4.74 Å². The molecule has 0 saturated carbocycles. The van der Waals surface area contributed by atoms with E-state index in [1.54, 1.807) is 12.4 Å². The van der Waals surface area contributed by atoms with Crippen molar-refractivity contribution in [2.75, 3.05) is 64.4 Å². The van der Waals surface area contributed by atoms with Crippen LogP contribution in [0.15, 0.2) is 24.7 Å². The lowest BCUT2D eigenvalue weighted by molar-refractivity contribution is 0.0260. The van der Waals surface area contributed by atoms with Crippen molar-refractivity contribution in [1.29, 1.82) is 0 Å². The van der Waals surface area contributed by atoms with Gasteiger partial charge in [0, 0.05) is 76.0 Å². The number of nitrogens with one attached hydrogen (secondary N) is 1. The SMILES string of the molecule is C#C/C(=C\NN)c1cnn2cc(N3CCC(N4CCN(C)CC4)CC3)cc(OC3CCOCC3)c12. The molecule has 0 aliphatic carbocycles. The van der Waals surface area contributed by atoms with E-state index >= 15 is 0 Å². The molecule has 0 radical (unpaired) electrons. The highest BCUT2D eigenvalue weighted by atomic mass is 16.5. The quantitative estimate of drug-likeness (QED) is 0.367. The monoisotopic (exact) mass is 479 g/mol. The van der Waals surface area contributed by atoms with Gasteiger partial charge < -0.3 is 24.7 Å². The van der Waals surface area contributed by atoms with Gasteiger partial charge in [0.15, 0.2) is 0 Å². The second kappa shape index (κ2) is 10.9. The summed E-state index contributed by atoms with van der Waals surface area (Å²) in [6.07, 6.45) is 15.5. The molecular weight excluding hydrogens is 442 g/mol. The maximum atomic E-state index is 6.57. The van der Waals surface area contributed by atoms with Gasteiger partial charge >= 0.3 is 0 Å². The molecule has 9 nitrogen and oxygen atoms in total. The first kappa shape index (κ1) is 23.9. The molecule has 3 aliphatic heterocycles. The number of pyridine rings is 1. The molecule has 0 aromatic carbocycles. The number of ether oxygens (including phenoxy) is 2. The van der Waals surface area contributed by atoms with Crippen molar-refractivity contribution in [3.8, 4) is 18.1 Å². The number of terminal acetylenes is 1. The number of piperazine rings is 1. The van der Waals surface area contributed by atoms with Crippen LogP contribution >= 0.6 is 0 Å². The van der Waals surface area contributed by atoms with Crippen LogP contribution in [0, 0.1) is 12.3 Å². The molecule has 0 spiro atoms. The van der Waals surface area contributed by atoms with Crippen molar-refractivity contribution < 1.29 is 9.47 Å². The number of aromatic nitrogens is 2. The predicted octanol–water partition coefficient (Wildman–Crippen LogP) is 1.55. The van der Waals surface area contributed by atoms with E-state index < -0.39 is 0 Å². The second-order valence-corrected chi connectivity index (χ2v) is 9.77. The lowest BCUT2D eigenvalue weighted by Crippen LogP contribution is -2.52. The zero-order chi connectivity index (χ0) is 24.2. The fraction of sp³-hybridized carbons (Fsp3) is 0.577. The van der Waals surface area contributed by atoms with Crippen LogP contribution in [0.3, 0.4) is 0 Å². The highest BCUT2D eigenvalue weighted by Crippen LogP contribution is 2.35. The standard InChI is InChI=1S/C26H37N7O2/c1-3-20(17-28-27)24-18-29-33-19-22(16-25(26(24)33)35-23-6-14-34-15-7-23)31-8-4-21(5-9-31)32-12-10-30(2)11-13-32/h1,16-19,21,23,28H,4-15,27H2,2H3/b20-17+. The summed E-state index contributed by atoms with van der Waals surface area (Å²) in [5, 5.41) is 4.64. The van der Waals surface area contributed by atoms with E-state index in [4.69, 9.17) is 21.7 Å². The van der Waals surface area contributed by atoms with E-state index in [1.807, 2.05) is 4.52 Å². The van der Waals surface area contributed by atoms with Gasteiger partial charge in [0.2, 0.25) is 0 Å². The fourth-order valence-corrected chi connectivity index (χ4v) is 5.46. The van der Waals surface area contributed by atoms with Gasteiger partial charge in [-0.25, -0.2) is 4.52 Å². The molecule has 0 bridgehead atoms. The fourth-order valence-electron chi connectivity index (χ4n) is 5.46. The van der Waals surface area contributed by atoms with Crippen LogP contribution in [-0.4, -0.2) is 91.1 Å². The van der Waals surface area contributed by atoms with Crippen molar-refractivity contribution in [1.82, 2.24) is 24.8 Å². The van der Waals surface area contributed by atoms with Gasteiger partial charge in [-0.15, -0.1) is 6.42 Å². The van der Waals surface area contributed by atoms with Crippen molar-refractivity contribution >= 4 is 16.8 Å². The second-order valence-electron chi connectivity index (χ2n) is 9.77. The van der Waals surface area contributed by atoms with Crippen LogP contribution in [0.5, 0.6) is 5.75 Å². The van der Waals surface area contributed by atoms with Crippen molar-refractivity contribution in [2.24, 2.45) is 5.84 Å². The average molecular weight is 480 g/mol. The summed E-state index contributed by atoms with van der Waals surface area (Å²) in [5.41, 5.74) is 6.02. The third kappa shape index (κ3) is 5.26. The molecule has 2 aromatic heterocycles. The molecule has 5 heterocycles. The lowest BCUT2D eigenvalue weighted by Gasteiger charge is -2.42. The van der Waals surface area contributed by atoms with Crippen molar-refractivity contribution in [3.63, 3.8) is 0 Å². The summed E-state index contributed by atoms with van der Waals surface area (Å²) in [5.74, 6) is 9.05. The first-order valence-corrected chi connectivity index (χ1v) is 12.7. The maximum absolute atomic E-state index is 6.57. The molecule has 0 unspecified atom stereocenters. The summed E-state index contributed by atoms with van der Waals surface area (Å²) in [6.45, 7) is 8.18. The minimum atomic E-state index is 0.111. The number of piperidine rings is 1. The number of hydrogen-bond acceptors (Lipinski definition) is 8. The molecule has 188 valence electrons. The van der Waals surface area contributed by atoms with Gasteiger partial charge in [0.05, 0.1) is 36.9 Å². The third-order valence-electron chi connectivity index (χ3n) is 7.58. The minimum Gasteiger partial charge on any atom is -0.488 e. The molecule has 2 aromatic rings. The Balaban J connectivity index is 1.40. The van der Waals surface area contributed by atoms with E-state index in [-0.39, 0.29) is 6.10 Å². The van der Waals surface area contributed by atoms with E-state index in [0.29, 0.717) is 11.6 Å². The molecular formula is C26H37N7O2. The number of nitrogens with zero attached hydrogens (tertiary/aromatic N) is 5. The Bertz CT molecular complexity index is 1070. The first-order valence-electron chi connectivity index (χ1n) is 12.7. The van der Waals surface area contributed by atoms with E-state index in [1.165, 1.54) is 39.0 Å². The minimum absolute atomic E-state index is 0.111. The predicted molar refractivity (Wildman–Crippen MR) is 138 cm³/mol. The Morgan fingerprint density at radius 2 is 1.91 bits per heavy atom. The topological polar surface area (TPSA) is 83.5 Å². The molecule has 5 rings (SSSR count). The van der Waals surface area contributed by atoms with Crippen LogP contribution in [0.4, 0.5) is 5.69 Å². The van der Waals surface area contributed by atoms with Crippen LogP contribution in [0.1, 0.15) is 31.2 Å². The first-order chi connectivity index (χ1) is 17.2. The zero-order valence-electron chi connectivity index (χ0n) is 20.7. The van der Waals surface area contributed by atoms with Gasteiger partial charge in [0.25, 0.3) is 0 Å². The number of nitrogens with two attached hydrogens (primary N) is 1. The molecule has 0 amide bonds. The Hall–Kier alpha value is -2.77. The van der Waals surface area contributed by atoms with E-state index in [9.17, 15) is 0 Å². The Labute approximate surface area is 207 Å². The highest BCUT2D eigenvalue weighted by molar-refractivity contribution is 5.89. The van der Waals surface area contributed by atoms with Gasteiger partial charge in [-0.3, -0.25) is 10.7 Å². The number of anilines is 1. The number of allylic oxidation sites excluding steroid dienone is 1. The summed E-state index contributed by atoms with van der Waals surface area (Å²) in [6, 6.07) is 2.83. The van der Waals surface area contributed by atoms with E-state index in [2.05, 4.69) is 50.5 Å². The molecule has 3 N–H and O–H groups in total. The van der Waals surface area contributed by atoms with Gasteiger partial charge in [-0.2, -0.15) is 5.10 Å². The Morgan fingerprint density at radius 3 is 2.60 bits per heavy atom. The van der Waals surface area contributed by atoms with Gasteiger partial charge in [-0.05, 0) is 19.9 Å². The molecule has 3 saturated heterocycles.